The summed E-state index contributed by atoms with van der Waals surface area (Å²) in [4.78, 5) is 2.53. The van der Waals surface area contributed by atoms with Crippen LogP contribution in [0.2, 0.25) is 0 Å². The molecule has 0 amide bonds. The number of rotatable bonds is 6. The fourth-order valence-corrected chi connectivity index (χ4v) is 3.54. The average molecular weight is 336 g/mol. The molecule has 25 heavy (non-hydrogen) atoms. The molecule has 1 aromatic carbocycles. The van der Waals surface area contributed by atoms with E-state index in [0.717, 1.165) is 38.6 Å². The fraction of sp³-hybridized carbons (Fsp3) is 0.421. The standard InChI is InChI=1S/C19H24N6/c1-2-4-17(5-3-1)13-25-14-19(10-22-25)12-23-8-6-18(7-9-23)11-24-15-20-21-16-24/h1-5,10,14-16,18H,6-9,11-13H2. The van der Waals surface area contributed by atoms with Gasteiger partial charge in [0.1, 0.15) is 12.7 Å². The Morgan fingerprint density at radius 3 is 2.44 bits per heavy atom. The molecule has 0 N–H and O–H groups in total. The van der Waals surface area contributed by atoms with Gasteiger partial charge in [0, 0.05) is 24.8 Å². The highest BCUT2D eigenvalue weighted by molar-refractivity contribution is 5.15. The van der Waals surface area contributed by atoms with E-state index in [2.05, 4.69) is 55.2 Å². The second-order valence-electron chi connectivity index (χ2n) is 6.91. The molecule has 3 heterocycles. The van der Waals surface area contributed by atoms with Crippen molar-refractivity contribution >= 4 is 0 Å². The second-order valence-corrected chi connectivity index (χ2v) is 6.91. The first kappa shape index (κ1) is 16.0. The van der Waals surface area contributed by atoms with Gasteiger partial charge >= 0.3 is 0 Å². The fourth-order valence-electron chi connectivity index (χ4n) is 3.54. The van der Waals surface area contributed by atoms with Gasteiger partial charge in [0.2, 0.25) is 0 Å². The SMILES string of the molecule is c1ccc(Cn2cc(CN3CCC(Cn4cnnc4)CC3)cn2)cc1. The Balaban J connectivity index is 1.26. The van der Waals surface area contributed by atoms with Crippen molar-refractivity contribution in [3.05, 3.63) is 66.5 Å². The number of benzene rings is 1. The Bertz CT molecular complexity index is 756. The highest BCUT2D eigenvalue weighted by atomic mass is 15.3. The summed E-state index contributed by atoms with van der Waals surface area (Å²) in [5, 5.41) is 12.3. The highest BCUT2D eigenvalue weighted by Crippen LogP contribution is 2.20. The first-order valence-corrected chi connectivity index (χ1v) is 8.95. The number of hydrogen-bond donors (Lipinski definition) is 0. The summed E-state index contributed by atoms with van der Waals surface area (Å²) in [5.41, 5.74) is 2.58. The van der Waals surface area contributed by atoms with Crippen molar-refractivity contribution in [3.63, 3.8) is 0 Å². The van der Waals surface area contributed by atoms with Gasteiger partial charge in [-0.25, -0.2) is 0 Å². The second kappa shape index (κ2) is 7.61. The molecule has 0 saturated carbocycles. The Morgan fingerprint density at radius 1 is 0.920 bits per heavy atom. The summed E-state index contributed by atoms with van der Waals surface area (Å²) >= 11 is 0. The zero-order valence-electron chi connectivity index (χ0n) is 14.4. The Hall–Kier alpha value is -2.47. The summed E-state index contributed by atoms with van der Waals surface area (Å²) in [5.74, 6) is 0.730. The predicted molar refractivity (Wildman–Crippen MR) is 95.8 cm³/mol. The summed E-state index contributed by atoms with van der Waals surface area (Å²) < 4.78 is 4.12. The minimum absolute atomic E-state index is 0.730. The van der Waals surface area contributed by atoms with Crippen LogP contribution in [-0.4, -0.2) is 42.5 Å². The van der Waals surface area contributed by atoms with Crippen molar-refractivity contribution in [2.24, 2.45) is 5.92 Å². The molecule has 6 heteroatoms. The number of hydrogen-bond acceptors (Lipinski definition) is 4. The first-order valence-electron chi connectivity index (χ1n) is 8.95. The molecule has 3 aromatic rings. The monoisotopic (exact) mass is 336 g/mol. The van der Waals surface area contributed by atoms with E-state index in [0.29, 0.717) is 0 Å². The molecular weight excluding hydrogens is 312 g/mol. The maximum absolute atomic E-state index is 4.51. The number of nitrogens with zero attached hydrogens (tertiary/aromatic N) is 6. The van der Waals surface area contributed by atoms with Gasteiger partial charge in [-0.05, 0) is 37.4 Å². The molecule has 4 rings (SSSR count). The van der Waals surface area contributed by atoms with Crippen molar-refractivity contribution in [2.45, 2.75) is 32.5 Å². The molecule has 0 spiro atoms. The van der Waals surface area contributed by atoms with Gasteiger partial charge in [0.05, 0.1) is 12.7 Å². The molecule has 1 saturated heterocycles. The molecule has 1 aliphatic rings. The van der Waals surface area contributed by atoms with Crippen LogP contribution < -0.4 is 0 Å². The molecule has 130 valence electrons. The molecule has 0 bridgehead atoms. The van der Waals surface area contributed by atoms with E-state index < -0.39 is 0 Å². The normalized spacial score (nSPS) is 16.3. The van der Waals surface area contributed by atoms with Crippen LogP contribution in [0.15, 0.2) is 55.4 Å². The lowest BCUT2D eigenvalue weighted by atomic mass is 9.96. The molecule has 0 aliphatic carbocycles. The lowest BCUT2D eigenvalue weighted by Crippen LogP contribution is -2.34. The van der Waals surface area contributed by atoms with Crippen LogP contribution in [-0.2, 0) is 19.6 Å². The van der Waals surface area contributed by atoms with Crippen LogP contribution in [0, 0.1) is 5.92 Å². The smallest absolute Gasteiger partial charge is 0.119 e. The number of aromatic nitrogens is 5. The van der Waals surface area contributed by atoms with Gasteiger partial charge in [-0.3, -0.25) is 9.58 Å². The molecule has 0 radical (unpaired) electrons. The quantitative estimate of drug-likeness (QED) is 0.694. The third-order valence-electron chi connectivity index (χ3n) is 4.92. The van der Waals surface area contributed by atoms with Crippen molar-refractivity contribution in [1.82, 2.24) is 29.4 Å². The van der Waals surface area contributed by atoms with E-state index in [9.17, 15) is 0 Å². The van der Waals surface area contributed by atoms with Crippen LogP contribution >= 0.6 is 0 Å². The number of likely N-dealkylation sites (tertiary alicyclic amines) is 1. The van der Waals surface area contributed by atoms with Gasteiger partial charge in [-0.2, -0.15) is 5.10 Å². The van der Waals surface area contributed by atoms with Gasteiger partial charge in [-0.15, -0.1) is 10.2 Å². The largest absolute Gasteiger partial charge is 0.320 e. The molecule has 0 atom stereocenters. The van der Waals surface area contributed by atoms with Crippen LogP contribution in [0.25, 0.3) is 0 Å². The van der Waals surface area contributed by atoms with Crippen molar-refractivity contribution < 1.29 is 0 Å². The lowest BCUT2D eigenvalue weighted by molar-refractivity contribution is 0.167. The van der Waals surface area contributed by atoms with Gasteiger partial charge in [-0.1, -0.05) is 30.3 Å². The maximum Gasteiger partial charge on any atom is 0.119 e. The molecule has 0 unspecified atom stereocenters. The van der Waals surface area contributed by atoms with E-state index >= 15 is 0 Å². The Kier molecular flexibility index (Phi) is 4.88. The van der Waals surface area contributed by atoms with Gasteiger partial charge < -0.3 is 4.57 Å². The predicted octanol–water partition coefficient (Wildman–Crippen LogP) is 2.44. The Morgan fingerprint density at radius 2 is 1.68 bits per heavy atom. The lowest BCUT2D eigenvalue weighted by Gasteiger charge is -2.31. The molecule has 1 aliphatic heterocycles. The third-order valence-corrected chi connectivity index (χ3v) is 4.92. The van der Waals surface area contributed by atoms with Gasteiger partial charge in [0.15, 0.2) is 0 Å². The highest BCUT2D eigenvalue weighted by Gasteiger charge is 2.20. The molecule has 2 aromatic heterocycles. The van der Waals surface area contributed by atoms with Crippen molar-refractivity contribution in [1.29, 1.82) is 0 Å². The summed E-state index contributed by atoms with van der Waals surface area (Å²) in [6, 6.07) is 10.5. The minimum atomic E-state index is 0.730. The van der Waals surface area contributed by atoms with Crippen LogP contribution in [0.3, 0.4) is 0 Å². The van der Waals surface area contributed by atoms with Crippen molar-refractivity contribution in [3.8, 4) is 0 Å². The molecule has 1 fully saturated rings. The average Bonchev–Trinajstić information content (AvgIpc) is 3.30. The van der Waals surface area contributed by atoms with Gasteiger partial charge in [0.25, 0.3) is 0 Å². The molecular formula is C19H24N6. The summed E-state index contributed by atoms with van der Waals surface area (Å²) in [6.07, 6.45) is 10.3. The van der Waals surface area contributed by atoms with E-state index in [-0.39, 0.29) is 0 Å². The van der Waals surface area contributed by atoms with E-state index in [1.54, 1.807) is 0 Å². The first-order chi connectivity index (χ1) is 12.3. The third kappa shape index (κ3) is 4.33. The minimum Gasteiger partial charge on any atom is -0.320 e. The maximum atomic E-state index is 4.51. The van der Waals surface area contributed by atoms with E-state index in [1.165, 1.54) is 24.0 Å². The van der Waals surface area contributed by atoms with Crippen LogP contribution in [0.1, 0.15) is 24.0 Å². The summed E-state index contributed by atoms with van der Waals surface area (Å²) in [7, 11) is 0. The van der Waals surface area contributed by atoms with Crippen LogP contribution in [0.5, 0.6) is 0 Å². The zero-order chi connectivity index (χ0) is 16.9. The van der Waals surface area contributed by atoms with Crippen LogP contribution in [0.4, 0.5) is 0 Å². The topological polar surface area (TPSA) is 51.8 Å². The number of piperidine rings is 1. The summed E-state index contributed by atoms with van der Waals surface area (Å²) in [6.45, 7) is 5.17. The Labute approximate surface area is 148 Å². The van der Waals surface area contributed by atoms with E-state index in [4.69, 9.17) is 0 Å². The molecule has 6 nitrogen and oxygen atoms in total. The van der Waals surface area contributed by atoms with E-state index in [1.807, 2.05) is 29.6 Å². The van der Waals surface area contributed by atoms with Crippen molar-refractivity contribution in [2.75, 3.05) is 13.1 Å². The zero-order valence-corrected chi connectivity index (χ0v) is 14.4.